The fourth-order valence-electron chi connectivity index (χ4n) is 3.81. The Bertz CT molecular complexity index is 1380. The van der Waals surface area contributed by atoms with Crippen LogP contribution in [-0.2, 0) is 12.0 Å². The molecule has 176 valence electrons. The Labute approximate surface area is 219 Å². The molecule has 0 radical (unpaired) electrons. The van der Waals surface area contributed by atoms with E-state index < -0.39 is 0 Å². The molecule has 0 amide bonds. The molecule has 35 heavy (non-hydrogen) atoms. The molecule has 0 saturated carbocycles. The zero-order chi connectivity index (χ0) is 25.0. The molecule has 0 saturated heterocycles. The topological polar surface area (TPSA) is 58.8 Å². The number of halogens is 2. The molecule has 7 heteroatoms. The number of benzene rings is 3. The molecular formula is C28H23Cl2N3OS. The molecule has 0 fully saturated rings. The van der Waals surface area contributed by atoms with Gasteiger partial charge in [0.15, 0.2) is 5.16 Å². The fraction of sp³-hybridized carbons (Fsp3) is 0.179. The highest BCUT2D eigenvalue weighted by Gasteiger charge is 2.26. The summed E-state index contributed by atoms with van der Waals surface area (Å²) in [6, 6.07) is 23.3. The summed E-state index contributed by atoms with van der Waals surface area (Å²) < 4.78 is 5.92. The van der Waals surface area contributed by atoms with Crippen molar-refractivity contribution >= 4 is 35.0 Å². The Kier molecular flexibility index (Phi) is 7.66. The molecule has 4 rings (SSSR count). The second kappa shape index (κ2) is 10.7. The van der Waals surface area contributed by atoms with Crippen LogP contribution in [0.2, 0.25) is 10.0 Å². The van der Waals surface area contributed by atoms with Gasteiger partial charge in [-0.05, 0) is 65.4 Å². The van der Waals surface area contributed by atoms with Crippen LogP contribution in [0.25, 0.3) is 11.1 Å². The summed E-state index contributed by atoms with van der Waals surface area (Å²) in [4.78, 5) is 8.63. The third-order valence-electron chi connectivity index (χ3n) is 5.90. The summed E-state index contributed by atoms with van der Waals surface area (Å²) in [7, 11) is 0. The second-order valence-electron chi connectivity index (χ2n) is 8.47. The van der Waals surface area contributed by atoms with E-state index in [1.807, 2.05) is 60.9 Å². The van der Waals surface area contributed by atoms with Crippen molar-refractivity contribution in [3.05, 3.63) is 105 Å². The van der Waals surface area contributed by atoms with Crippen LogP contribution < -0.4 is 4.74 Å². The summed E-state index contributed by atoms with van der Waals surface area (Å²) in [6.45, 7) is 4.59. The minimum Gasteiger partial charge on any atom is -0.487 e. The Morgan fingerprint density at radius 1 is 0.971 bits per heavy atom. The molecule has 0 aliphatic carbocycles. The molecule has 1 heterocycles. The molecule has 1 aromatic heterocycles. The SMILES string of the molecule is CSc1nccc(COc2ccc(C(C)(C)c3cc(Cl)c(-c4ccc(Cl)cc4)c(C#N)c3)cc2)n1. The normalized spacial score (nSPS) is 11.2. The van der Waals surface area contributed by atoms with E-state index in [-0.39, 0.29) is 5.41 Å². The quantitative estimate of drug-likeness (QED) is 0.183. The molecule has 0 aliphatic rings. The van der Waals surface area contributed by atoms with Crippen LogP contribution in [0, 0.1) is 11.3 Å². The molecule has 0 N–H and O–H groups in total. The van der Waals surface area contributed by atoms with E-state index in [1.54, 1.807) is 18.3 Å². The fourth-order valence-corrected chi connectivity index (χ4v) is 4.64. The Morgan fingerprint density at radius 3 is 2.34 bits per heavy atom. The van der Waals surface area contributed by atoms with Gasteiger partial charge in [0.05, 0.1) is 22.3 Å². The van der Waals surface area contributed by atoms with Gasteiger partial charge >= 0.3 is 0 Å². The lowest BCUT2D eigenvalue weighted by Crippen LogP contribution is -2.19. The second-order valence-corrected chi connectivity index (χ2v) is 10.1. The molecule has 0 unspecified atom stereocenters. The first kappa shape index (κ1) is 25.1. The third-order valence-corrected chi connectivity index (χ3v) is 7.01. The zero-order valence-electron chi connectivity index (χ0n) is 19.5. The summed E-state index contributed by atoms with van der Waals surface area (Å²) in [5, 5.41) is 11.8. The van der Waals surface area contributed by atoms with Crippen LogP contribution in [0.5, 0.6) is 5.75 Å². The molecular weight excluding hydrogens is 497 g/mol. The van der Waals surface area contributed by atoms with Crippen LogP contribution in [0.1, 0.15) is 36.2 Å². The molecule has 0 spiro atoms. The first-order valence-electron chi connectivity index (χ1n) is 10.9. The Hall–Kier alpha value is -3.04. The minimum absolute atomic E-state index is 0.367. The van der Waals surface area contributed by atoms with Crippen LogP contribution in [-0.4, -0.2) is 16.2 Å². The van der Waals surface area contributed by atoms with E-state index in [1.165, 1.54) is 11.8 Å². The number of rotatable bonds is 7. The van der Waals surface area contributed by atoms with Crippen molar-refractivity contribution in [3.63, 3.8) is 0 Å². The van der Waals surface area contributed by atoms with Gasteiger partial charge in [-0.2, -0.15) is 5.26 Å². The molecule has 0 atom stereocenters. The van der Waals surface area contributed by atoms with Gasteiger partial charge in [0.1, 0.15) is 12.4 Å². The third kappa shape index (κ3) is 5.62. The average molecular weight is 520 g/mol. The number of hydrogen-bond donors (Lipinski definition) is 0. The van der Waals surface area contributed by atoms with Gasteiger partial charge < -0.3 is 4.74 Å². The number of nitriles is 1. The summed E-state index contributed by atoms with van der Waals surface area (Å²) in [6.07, 6.45) is 3.68. The van der Waals surface area contributed by atoms with E-state index >= 15 is 0 Å². The highest BCUT2D eigenvalue weighted by atomic mass is 35.5. The van der Waals surface area contributed by atoms with Crippen molar-refractivity contribution in [2.45, 2.75) is 31.0 Å². The largest absolute Gasteiger partial charge is 0.487 e. The predicted octanol–water partition coefficient (Wildman–Crippen LogP) is 7.95. The summed E-state index contributed by atoms with van der Waals surface area (Å²) >= 11 is 14.2. The van der Waals surface area contributed by atoms with Crippen molar-refractivity contribution in [3.8, 4) is 22.9 Å². The molecule has 3 aromatic carbocycles. The van der Waals surface area contributed by atoms with Gasteiger partial charge in [0, 0.05) is 22.2 Å². The van der Waals surface area contributed by atoms with Crippen LogP contribution in [0.3, 0.4) is 0 Å². The standard InChI is InChI=1S/C28H23Cl2N3OS/c1-28(2,20-6-10-24(11-7-20)34-17-23-12-13-32-27(33-23)35-3)21-14-19(16-31)26(25(30)15-21)18-4-8-22(29)9-5-18/h4-15H,17H2,1-3H3. The molecule has 4 nitrogen and oxygen atoms in total. The predicted molar refractivity (Wildman–Crippen MR) is 143 cm³/mol. The maximum Gasteiger partial charge on any atom is 0.187 e. The van der Waals surface area contributed by atoms with Crippen molar-refractivity contribution in [1.82, 2.24) is 9.97 Å². The van der Waals surface area contributed by atoms with E-state index in [4.69, 9.17) is 27.9 Å². The molecule has 0 aliphatic heterocycles. The number of aromatic nitrogens is 2. The number of hydrogen-bond acceptors (Lipinski definition) is 5. The number of ether oxygens (including phenoxy) is 1. The van der Waals surface area contributed by atoms with Crippen LogP contribution in [0.15, 0.2) is 78.1 Å². The lowest BCUT2D eigenvalue weighted by atomic mass is 9.77. The van der Waals surface area contributed by atoms with Gasteiger partial charge in [-0.3, -0.25) is 0 Å². The van der Waals surface area contributed by atoms with Gasteiger partial charge in [-0.1, -0.05) is 73.1 Å². The zero-order valence-corrected chi connectivity index (χ0v) is 21.9. The van der Waals surface area contributed by atoms with E-state index in [0.717, 1.165) is 33.3 Å². The smallest absolute Gasteiger partial charge is 0.187 e. The molecule has 0 bridgehead atoms. The highest BCUT2D eigenvalue weighted by molar-refractivity contribution is 7.98. The van der Waals surface area contributed by atoms with Crippen molar-refractivity contribution in [2.75, 3.05) is 6.26 Å². The lowest BCUT2D eigenvalue weighted by Gasteiger charge is -2.27. The van der Waals surface area contributed by atoms with Gasteiger partial charge in [0.25, 0.3) is 0 Å². The monoisotopic (exact) mass is 519 g/mol. The van der Waals surface area contributed by atoms with Crippen molar-refractivity contribution in [2.24, 2.45) is 0 Å². The highest BCUT2D eigenvalue weighted by Crippen LogP contribution is 2.39. The van der Waals surface area contributed by atoms with E-state index in [0.29, 0.717) is 27.8 Å². The number of nitrogens with zero attached hydrogens (tertiary/aromatic N) is 3. The first-order valence-corrected chi connectivity index (χ1v) is 12.9. The van der Waals surface area contributed by atoms with Crippen LogP contribution in [0.4, 0.5) is 0 Å². The number of thioether (sulfide) groups is 1. The summed E-state index contributed by atoms with van der Waals surface area (Å²) in [5.74, 6) is 0.752. The van der Waals surface area contributed by atoms with E-state index in [9.17, 15) is 5.26 Å². The lowest BCUT2D eigenvalue weighted by molar-refractivity contribution is 0.300. The maximum absolute atomic E-state index is 9.88. The summed E-state index contributed by atoms with van der Waals surface area (Å²) in [5.41, 5.74) is 4.57. The van der Waals surface area contributed by atoms with E-state index in [2.05, 4.69) is 29.9 Å². The van der Waals surface area contributed by atoms with Gasteiger partial charge in [0.2, 0.25) is 0 Å². The van der Waals surface area contributed by atoms with Gasteiger partial charge in [-0.25, -0.2) is 9.97 Å². The van der Waals surface area contributed by atoms with Gasteiger partial charge in [-0.15, -0.1) is 0 Å². The first-order chi connectivity index (χ1) is 16.8. The van der Waals surface area contributed by atoms with Crippen molar-refractivity contribution in [1.29, 1.82) is 5.26 Å². The van der Waals surface area contributed by atoms with Crippen molar-refractivity contribution < 1.29 is 4.74 Å². The average Bonchev–Trinajstić information content (AvgIpc) is 2.88. The molecule has 4 aromatic rings. The van der Waals surface area contributed by atoms with Crippen LogP contribution >= 0.6 is 35.0 Å². The minimum atomic E-state index is -0.383. The Balaban J connectivity index is 1.57. The maximum atomic E-state index is 9.88. The Morgan fingerprint density at radius 2 is 1.69 bits per heavy atom.